The molecular formula is C28H38OSi2. The maximum absolute atomic E-state index is 7.02. The van der Waals surface area contributed by atoms with E-state index in [4.69, 9.17) is 4.43 Å². The number of rotatable bonds is 4. The molecule has 4 rings (SSSR count). The van der Waals surface area contributed by atoms with E-state index in [2.05, 4.69) is 115 Å². The van der Waals surface area contributed by atoms with Gasteiger partial charge in [0.15, 0.2) is 0 Å². The number of fused-ring (bicyclic) bond motifs is 3. The highest BCUT2D eigenvalue weighted by Crippen LogP contribution is 2.54. The van der Waals surface area contributed by atoms with Crippen molar-refractivity contribution in [3.05, 3.63) is 82.3 Å². The Morgan fingerprint density at radius 3 is 1.77 bits per heavy atom. The van der Waals surface area contributed by atoms with Crippen molar-refractivity contribution in [3.63, 3.8) is 0 Å². The van der Waals surface area contributed by atoms with Crippen LogP contribution in [0.25, 0.3) is 11.1 Å². The second kappa shape index (κ2) is 7.35. The van der Waals surface area contributed by atoms with Gasteiger partial charge in [0.2, 0.25) is 8.32 Å². The molecule has 31 heavy (non-hydrogen) atoms. The molecule has 0 saturated heterocycles. The zero-order valence-electron chi connectivity index (χ0n) is 20.8. The highest BCUT2D eigenvalue weighted by Gasteiger charge is 2.48. The Labute approximate surface area is 191 Å². The average Bonchev–Trinajstić information content (AvgIpc) is 3.15. The Hall–Kier alpha value is -1.85. The van der Waals surface area contributed by atoms with Crippen molar-refractivity contribution < 1.29 is 4.43 Å². The Balaban J connectivity index is 1.87. The molecule has 3 heteroatoms. The summed E-state index contributed by atoms with van der Waals surface area (Å²) in [5.41, 5.74) is 7.78. The molecule has 2 aliphatic rings. The van der Waals surface area contributed by atoms with Gasteiger partial charge in [-0.1, -0.05) is 94.9 Å². The van der Waals surface area contributed by atoms with E-state index in [1.54, 1.807) is 5.20 Å². The van der Waals surface area contributed by atoms with Crippen molar-refractivity contribution >= 4 is 16.4 Å². The van der Waals surface area contributed by atoms with Gasteiger partial charge in [-0.2, -0.15) is 0 Å². The fourth-order valence-electron chi connectivity index (χ4n) is 5.33. The van der Waals surface area contributed by atoms with Crippen LogP contribution in [0.3, 0.4) is 0 Å². The monoisotopic (exact) mass is 446 g/mol. The van der Waals surface area contributed by atoms with Crippen LogP contribution in [0.5, 0.6) is 0 Å². The van der Waals surface area contributed by atoms with E-state index in [9.17, 15) is 0 Å². The molecule has 0 aliphatic heterocycles. The molecule has 2 aromatic rings. The average molecular weight is 447 g/mol. The number of hydrogen-bond donors (Lipinski definition) is 0. The lowest BCUT2D eigenvalue weighted by molar-refractivity contribution is 0.397. The third-order valence-corrected chi connectivity index (χ3v) is 16.6. The van der Waals surface area contributed by atoms with Gasteiger partial charge < -0.3 is 4.43 Å². The summed E-state index contributed by atoms with van der Waals surface area (Å²) in [7, 11) is -3.85. The predicted molar refractivity (Wildman–Crippen MR) is 139 cm³/mol. The summed E-state index contributed by atoms with van der Waals surface area (Å²) in [6.07, 6.45) is 2.36. The molecule has 0 heterocycles. The second-order valence-corrected chi connectivity index (χ2v) is 20.9. The fraction of sp³-hybridized carbons (Fsp3) is 0.429. The molecule has 2 aromatic carbocycles. The molecule has 0 spiro atoms. The first-order valence-corrected chi connectivity index (χ1v) is 17.6. The summed E-state index contributed by atoms with van der Waals surface area (Å²) < 4.78 is 7.02. The zero-order valence-corrected chi connectivity index (χ0v) is 22.8. The Bertz CT molecular complexity index is 1040. The lowest BCUT2D eigenvalue weighted by atomic mass is 10.1. The lowest BCUT2D eigenvalue weighted by Gasteiger charge is -2.40. The SMILES string of the molecule is CC1=CC(O[Si](C)(C)C(C)(C)C)=C([Si](C)(C)C2c3ccccc3-c3ccccc32)C1C. The summed E-state index contributed by atoms with van der Waals surface area (Å²) >= 11 is 0. The van der Waals surface area contributed by atoms with Crippen molar-refractivity contribution in [2.45, 2.75) is 71.4 Å². The lowest BCUT2D eigenvalue weighted by Crippen LogP contribution is -2.43. The van der Waals surface area contributed by atoms with Crippen LogP contribution in [0, 0.1) is 5.92 Å². The molecule has 1 atom stereocenters. The quantitative estimate of drug-likeness (QED) is 0.428. The molecule has 1 unspecified atom stereocenters. The third kappa shape index (κ3) is 3.50. The molecule has 0 aromatic heterocycles. The molecule has 1 nitrogen and oxygen atoms in total. The first kappa shape index (κ1) is 22.4. The summed E-state index contributed by atoms with van der Waals surface area (Å²) in [6.45, 7) is 21.6. The molecule has 164 valence electrons. The van der Waals surface area contributed by atoms with Crippen LogP contribution in [0.1, 0.15) is 51.3 Å². The van der Waals surface area contributed by atoms with E-state index in [-0.39, 0.29) is 5.04 Å². The van der Waals surface area contributed by atoms with E-state index in [0.29, 0.717) is 11.5 Å². The third-order valence-electron chi connectivity index (χ3n) is 8.16. The molecule has 0 fully saturated rings. The Morgan fingerprint density at radius 1 is 0.806 bits per heavy atom. The summed E-state index contributed by atoms with van der Waals surface area (Å²) in [5.74, 6) is 1.66. The standard InChI is InChI=1S/C28H38OSi2/c1-19-18-25(29-31(8,9)28(3,4)5)26(20(19)2)30(6,7)27-23-16-12-10-14-21(23)22-15-11-13-17-24(22)27/h10-18,20,27H,1-9H3. The largest absolute Gasteiger partial charge is 0.544 e. The minimum atomic E-state index is -1.94. The molecular weight excluding hydrogens is 408 g/mol. The molecule has 0 bridgehead atoms. The summed E-state index contributed by atoms with van der Waals surface area (Å²) in [6, 6.07) is 18.1. The van der Waals surface area contributed by atoms with Gasteiger partial charge in [-0.25, -0.2) is 0 Å². The van der Waals surface area contributed by atoms with Crippen LogP contribution >= 0.6 is 0 Å². The summed E-state index contributed by atoms with van der Waals surface area (Å²) in [5, 5.41) is 1.79. The van der Waals surface area contributed by atoms with E-state index in [1.807, 2.05) is 0 Å². The predicted octanol–water partition coefficient (Wildman–Crippen LogP) is 8.46. The van der Waals surface area contributed by atoms with Crippen LogP contribution in [0.4, 0.5) is 0 Å². The maximum atomic E-state index is 7.02. The van der Waals surface area contributed by atoms with E-state index < -0.39 is 16.4 Å². The van der Waals surface area contributed by atoms with Gasteiger partial charge in [0.25, 0.3) is 0 Å². The number of allylic oxidation sites excluding steroid dienone is 3. The van der Waals surface area contributed by atoms with Crippen molar-refractivity contribution in [1.82, 2.24) is 0 Å². The van der Waals surface area contributed by atoms with Crippen LogP contribution in [-0.4, -0.2) is 16.4 Å². The van der Waals surface area contributed by atoms with Crippen LogP contribution < -0.4 is 0 Å². The van der Waals surface area contributed by atoms with Gasteiger partial charge in [-0.05, 0) is 64.5 Å². The first-order valence-electron chi connectivity index (χ1n) is 11.7. The van der Waals surface area contributed by atoms with E-state index >= 15 is 0 Å². The van der Waals surface area contributed by atoms with E-state index in [0.717, 1.165) is 0 Å². The fourth-order valence-corrected chi connectivity index (χ4v) is 10.9. The Morgan fingerprint density at radius 2 is 1.29 bits per heavy atom. The number of benzene rings is 2. The maximum Gasteiger partial charge on any atom is 0.250 e. The van der Waals surface area contributed by atoms with Crippen molar-refractivity contribution in [2.75, 3.05) is 0 Å². The van der Waals surface area contributed by atoms with E-state index in [1.165, 1.54) is 33.6 Å². The van der Waals surface area contributed by atoms with Crippen LogP contribution in [0.2, 0.25) is 31.2 Å². The van der Waals surface area contributed by atoms with Crippen molar-refractivity contribution in [1.29, 1.82) is 0 Å². The molecule has 2 aliphatic carbocycles. The van der Waals surface area contributed by atoms with Crippen molar-refractivity contribution in [3.8, 4) is 11.1 Å². The highest BCUT2D eigenvalue weighted by molar-refractivity contribution is 6.86. The van der Waals surface area contributed by atoms with Crippen LogP contribution in [-0.2, 0) is 4.43 Å². The zero-order chi connectivity index (χ0) is 22.8. The second-order valence-electron chi connectivity index (χ2n) is 11.6. The van der Waals surface area contributed by atoms with Crippen LogP contribution in [0.15, 0.2) is 71.1 Å². The molecule has 0 saturated carbocycles. The minimum Gasteiger partial charge on any atom is -0.544 e. The van der Waals surface area contributed by atoms with Gasteiger partial charge in [-0.15, -0.1) is 0 Å². The molecule has 0 amide bonds. The van der Waals surface area contributed by atoms with Gasteiger partial charge in [0.05, 0.1) is 13.8 Å². The van der Waals surface area contributed by atoms with Gasteiger partial charge >= 0.3 is 0 Å². The topological polar surface area (TPSA) is 9.23 Å². The first-order chi connectivity index (χ1) is 14.4. The van der Waals surface area contributed by atoms with Gasteiger partial charge in [0.1, 0.15) is 0 Å². The van der Waals surface area contributed by atoms with Gasteiger partial charge in [0, 0.05) is 5.54 Å². The smallest absolute Gasteiger partial charge is 0.250 e. The molecule has 0 radical (unpaired) electrons. The Kier molecular flexibility index (Phi) is 5.30. The summed E-state index contributed by atoms with van der Waals surface area (Å²) in [4.78, 5) is 0. The minimum absolute atomic E-state index is 0.191. The van der Waals surface area contributed by atoms with Crippen molar-refractivity contribution in [2.24, 2.45) is 5.92 Å². The molecule has 0 N–H and O–H groups in total. The van der Waals surface area contributed by atoms with Gasteiger partial charge in [-0.3, -0.25) is 0 Å². The highest BCUT2D eigenvalue weighted by atomic mass is 28.4. The normalized spacial score (nSPS) is 19.4. The number of hydrogen-bond acceptors (Lipinski definition) is 1.